The van der Waals surface area contributed by atoms with Gasteiger partial charge in [-0.1, -0.05) is 30.3 Å². The summed E-state index contributed by atoms with van der Waals surface area (Å²) in [5, 5.41) is 3.77. The summed E-state index contributed by atoms with van der Waals surface area (Å²) in [6.07, 6.45) is 0. The van der Waals surface area contributed by atoms with Crippen LogP contribution in [-0.4, -0.2) is 24.6 Å². The Morgan fingerprint density at radius 1 is 1.15 bits per heavy atom. The van der Waals surface area contributed by atoms with Crippen LogP contribution in [0.15, 0.2) is 48.5 Å². The van der Waals surface area contributed by atoms with E-state index in [1.807, 2.05) is 44.2 Å². The first-order valence-corrected chi connectivity index (χ1v) is 9.09. The lowest BCUT2D eigenvalue weighted by atomic mass is 10.1. The summed E-state index contributed by atoms with van der Waals surface area (Å²) in [7, 11) is 1.57. The van der Waals surface area contributed by atoms with Gasteiger partial charge in [0.15, 0.2) is 11.5 Å². The van der Waals surface area contributed by atoms with Gasteiger partial charge in [0, 0.05) is 17.3 Å². The van der Waals surface area contributed by atoms with E-state index in [-0.39, 0.29) is 5.91 Å². The summed E-state index contributed by atoms with van der Waals surface area (Å²) in [5.74, 6) is 1.03. The second-order valence-electron chi connectivity index (χ2n) is 5.53. The van der Waals surface area contributed by atoms with Crippen LogP contribution in [-0.2, 0) is 0 Å². The molecule has 0 spiro atoms. The fourth-order valence-corrected chi connectivity index (χ4v) is 3.42. The molecule has 134 valence electrons. The largest absolute Gasteiger partial charge is 0.493 e. The zero-order valence-electron chi connectivity index (χ0n) is 14.9. The maximum Gasteiger partial charge on any atom is 0.268 e. The molecule has 0 unspecified atom stereocenters. The quantitative estimate of drug-likeness (QED) is 0.680. The van der Waals surface area contributed by atoms with Crippen LogP contribution in [0, 0.1) is 6.92 Å². The fourth-order valence-electron chi connectivity index (χ4n) is 2.58. The van der Waals surface area contributed by atoms with E-state index >= 15 is 0 Å². The van der Waals surface area contributed by atoms with Crippen LogP contribution in [0.25, 0.3) is 11.3 Å². The average molecular weight is 368 g/mol. The van der Waals surface area contributed by atoms with Gasteiger partial charge in [-0.3, -0.25) is 4.79 Å². The highest BCUT2D eigenvalue weighted by Gasteiger charge is 2.19. The van der Waals surface area contributed by atoms with Gasteiger partial charge in [-0.2, -0.15) is 0 Å². The molecule has 0 bridgehead atoms. The second-order valence-corrected chi connectivity index (χ2v) is 6.73. The van der Waals surface area contributed by atoms with E-state index in [1.165, 1.54) is 11.3 Å². The van der Waals surface area contributed by atoms with Crippen molar-refractivity contribution >= 4 is 22.9 Å². The van der Waals surface area contributed by atoms with Crippen molar-refractivity contribution in [2.24, 2.45) is 0 Å². The Labute approximate surface area is 156 Å². The lowest BCUT2D eigenvalue weighted by Crippen LogP contribution is -2.11. The fraction of sp³-hybridized carbons (Fsp3) is 0.200. The summed E-state index contributed by atoms with van der Waals surface area (Å²) in [4.78, 5) is 17.9. The van der Waals surface area contributed by atoms with Crippen LogP contribution >= 0.6 is 11.3 Å². The molecule has 0 aliphatic rings. The summed E-state index contributed by atoms with van der Waals surface area (Å²) >= 11 is 1.38. The number of amides is 1. The van der Waals surface area contributed by atoms with Crippen molar-refractivity contribution in [1.82, 2.24) is 4.98 Å². The number of nitrogens with zero attached hydrogens (tertiary/aromatic N) is 1. The second kappa shape index (κ2) is 8.01. The minimum Gasteiger partial charge on any atom is -0.493 e. The molecule has 1 N–H and O–H groups in total. The van der Waals surface area contributed by atoms with E-state index in [0.29, 0.717) is 34.4 Å². The molecule has 0 aliphatic carbocycles. The maximum atomic E-state index is 12.8. The number of rotatable bonds is 6. The number of methoxy groups -OCH3 is 1. The number of nitrogens with one attached hydrogen (secondary N) is 1. The first kappa shape index (κ1) is 17.9. The van der Waals surface area contributed by atoms with Crippen molar-refractivity contribution in [2.75, 3.05) is 19.0 Å². The third-order valence-corrected chi connectivity index (χ3v) is 4.68. The standard InChI is InChI=1S/C20H20N2O3S/c1-4-25-16-11-10-15(12-17(16)24-3)22-20(23)19-18(21-13(2)26-19)14-8-6-5-7-9-14/h5-12H,4H2,1-3H3,(H,22,23). The zero-order valence-corrected chi connectivity index (χ0v) is 15.7. The van der Waals surface area contributed by atoms with Gasteiger partial charge in [0.25, 0.3) is 5.91 Å². The molecule has 26 heavy (non-hydrogen) atoms. The van der Waals surface area contributed by atoms with Crippen molar-refractivity contribution in [3.63, 3.8) is 0 Å². The number of thiazole rings is 1. The van der Waals surface area contributed by atoms with Crippen LogP contribution in [0.4, 0.5) is 5.69 Å². The first-order valence-electron chi connectivity index (χ1n) is 8.27. The van der Waals surface area contributed by atoms with Crippen LogP contribution in [0.2, 0.25) is 0 Å². The molecule has 3 rings (SSSR count). The number of aryl methyl sites for hydroxylation is 1. The Hall–Kier alpha value is -2.86. The number of ether oxygens (including phenoxy) is 2. The Balaban J connectivity index is 1.87. The average Bonchev–Trinajstić information content (AvgIpc) is 3.06. The van der Waals surface area contributed by atoms with Gasteiger partial charge >= 0.3 is 0 Å². The van der Waals surface area contributed by atoms with Gasteiger partial charge in [0.2, 0.25) is 0 Å². The third-order valence-electron chi connectivity index (χ3n) is 3.71. The Bertz CT molecular complexity index is 907. The number of anilines is 1. The SMILES string of the molecule is CCOc1ccc(NC(=O)c2sc(C)nc2-c2ccccc2)cc1OC. The third kappa shape index (κ3) is 3.86. The number of carbonyl (C=O) groups is 1. The van der Waals surface area contributed by atoms with Crippen molar-refractivity contribution < 1.29 is 14.3 Å². The normalized spacial score (nSPS) is 10.4. The summed E-state index contributed by atoms with van der Waals surface area (Å²) in [5.41, 5.74) is 2.26. The Kier molecular flexibility index (Phi) is 5.53. The van der Waals surface area contributed by atoms with Gasteiger partial charge in [0.05, 0.1) is 24.4 Å². The molecule has 3 aromatic rings. The Morgan fingerprint density at radius 2 is 1.92 bits per heavy atom. The number of hydrogen-bond acceptors (Lipinski definition) is 5. The summed E-state index contributed by atoms with van der Waals surface area (Å²) in [6, 6.07) is 15.0. The maximum absolute atomic E-state index is 12.8. The van der Waals surface area contributed by atoms with Gasteiger partial charge in [-0.15, -0.1) is 11.3 Å². The lowest BCUT2D eigenvalue weighted by molar-refractivity contribution is 0.103. The predicted octanol–water partition coefficient (Wildman–Crippen LogP) is 4.78. The number of benzene rings is 2. The van der Waals surface area contributed by atoms with Gasteiger partial charge in [-0.25, -0.2) is 4.98 Å². The number of carbonyl (C=O) groups excluding carboxylic acids is 1. The highest BCUT2D eigenvalue weighted by molar-refractivity contribution is 7.14. The van der Waals surface area contributed by atoms with Crippen LogP contribution in [0.3, 0.4) is 0 Å². The molecule has 0 fully saturated rings. The smallest absolute Gasteiger partial charge is 0.268 e. The predicted molar refractivity (Wildman–Crippen MR) is 104 cm³/mol. The molecule has 0 radical (unpaired) electrons. The molecule has 5 nitrogen and oxygen atoms in total. The van der Waals surface area contributed by atoms with E-state index < -0.39 is 0 Å². The monoisotopic (exact) mass is 368 g/mol. The number of hydrogen-bond donors (Lipinski definition) is 1. The molecule has 0 saturated carbocycles. The molecule has 0 aliphatic heterocycles. The van der Waals surface area contributed by atoms with Crippen molar-refractivity contribution in [1.29, 1.82) is 0 Å². The molecule has 1 amide bonds. The van der Waals surface area contributed by atoms with Crippen LogP contribution in [0.1, 0.15) is 21.6 Å². The van der Waals surface area contributed by atoms with E-state index in [9.17, 15) is 4.79 Å². The van der Waals surface area contributed by atoms with Crippen LogP contribution in [0.5, 0.6) is 11.5 Å². The molecular weight excluding hydrogens is 348 g/mol. The highest BCUT2D eigenvalue weighted by Crippen LogP contribution is 2.32. The van der Waals surface area contributed by atoms with Crippen molar-refractivity contribution in [2.45, 2.75) is 13.8 Å². The Morgan fingerprint density at radius 3 is 2.62 bits per heavy atom. The van der Waals surface area contributed by atoms with E-state index in [4.69, 9.17) is 9.47 Å². The van der Waals surface area contributed by atoms with Crippen LogP contribution < -0.4 is 14.8 Å². The highest BCUT2D eigenvalue weighted by atomic mass is 32.1. The molecule has 1 heterocycles. The molecule has 2 aromatic carbocycles. The van der Waals surface area contributed by atoms with E-state index in [2.05, 4.69) is 10.3 Å². The molecule has 0 saturated heterocycles. The van der Waals surface area contributed by atoms with Gasteiger partial charge in [-0.05, 0) is 26.0 Å². The molecular formula is C20H20N2O3S. The van der Waals surface area contributed by atoms with Gasteiger partial charge < -0.3 is 14.8 Å². The van der Waals surface area contributed by atoms with Gasteiger partial charge in [0.1, 0.15) is 4.88 Å². The molecule has 1 aromatic heterocycles. The zero-order chi connectivity index (χ0) is 18.5. The lowest BCUT2D eigenvalue weighted by Gasteiger charge is -2.11. The molecule has 6 heteroatoms. The summed E-state index contributed by atoms with van der Waals surface area (Å²) in [6.45, 7) is 4.35. The first-order chi connectivity index (χ1) is 12.6. The number of aromatic nitrogens is 1. The van der Waals surface area contributed by atoms with Crippen molar-refractivity contribution in [3.05, 3.63) is 58.4 Å². The molecule has 0 atom stereocenters. The topological polar surface area (TPSA) is 60.5 Å². The minimum absolute atomic E-state index is 0.194. The van der Waals surface area contributed by atoms with E-state index in [1.54, 1.807) is 25.3 Å². The minimum atomic E-state index is -0.194. The van der Waals surface area contributed by atoms with E-state index in [0.717, 1.165) is 10.6 Å². The summed E-state index contributed by atoms with van der Waals surface area (Å²) < 4.78 is 10.8. The van der Waals surface area contributed by atoms with Crippen molar-refractivity contribution in [3.8, 4) is 22.8 Å².